The predicted octanol–water partition coefficient (Wildman–Crippen LogP) is 2.79. The minimum absolute atomic E-state index is 0.135. The van der Waals surface area contributed by atoms with Gasteiger partial charge in [0.1, 0.15) is 18.3 Å². The van der Waals surface area contributed by atoms with Gasteiger partial charge in [-0.1, -0.05) is 51.8 Å². The van der Waals surface area contributed by atoms with Crippen molar-refractivity contribution in [3.8, 4) is 0 Å². The smallest absolute Gasteiger partial charge is 0.338 e. The molecular weight excluding hydrogens is 634 g/mol. The zero-order chi connectivity index (χ0) is 30.0. The summed E-state index contributed by atoms with van der Waals surface area (Å²) in [5.74, 6) is -0.515. The Bertz CT molecular complexity index is 1220. The number of carbonyl (C=O) groups is 1. The summed E-state index contributed by atoms with van der Waals surface area (Å²) >= 11 is 3.46. The lowest BCUT2D eigenvalue weighted by Crippen LogP contribution is -2.61. The minimum Gasteiger partial charge on any atom is -0.453 e. The number of halogens is 1. The van der Waals surface area contributed by atoms with Gasteiger partial charge < -0.3 is 33.2 Å². The van der Waals surface area contributed by atoms with E-state index in [0.29, 0.717) is 10.9 Å². The number of nitrogens with zero attached hydrogens (tertiary/aromatic N) is 1. The molecule has 0 aliphatic carbocycles. The molecule has 2 aliphatic rings. The second kappa shape index (κ2) is 16.2. The molecule has 0 N–H and O–H groups in total. The van der Waals surface area contributed by atoms with Crippen molar-refractivity contribution in [3.05, 3.63) is 65.7 Å². The van der Waals surface area contributed by atoms with Crippen molar-refractivity contribution in [1.29, 1.82) is 0 Å². The van der Waals surface area contributed by atoms with Gasteiger partial charge in [-0.3, -0.25) is 0 Å². The molecule has 2 heterocycles. The highest BCUT2D eigenvalue weighted by molar-refractivity contribution is 9.09. The van der Waals surface area contributed by atoms with Crippen molar-refractivity contribution in [2.75, 3.05) is 65.2 Å². The van der Waals surface area contributed by atoms with Crippen molar-refractivity contribution in [2.24, 2.45) is 0 Å². The second-order valence-electron chi connectivity index (χ2n) is 9.78. The number of sulfonamides is 1. The minimum atomic E-state index is -3.74. The summed E-state index contributed by atoms with van der Waals surface area (Å²) in [6.07, 6.45) is -3.68. The van der Waals surface area contributed by atoms with Crippen molar-refractivity contribution < 1.29 is 46.4 Å². The van der Waals surface area contributed by atoms with E-state index < -0.39 is 46.7 Å². The number of fused-ring (bicyclic) bond motifs is 1. The molecular formula is C29H38BrNO10S. The summed E-state index contributed by atoms with van der Waals surface area (Å²) < 4.78 is 69.5. The lowest BCUT2D eigenvalue weighted by atomic mass is 9.98. The fourth-order valence-corrected chi connectivity index (χ4v) is 6.63. The molecule has 13 heteroatoms. The van der Waals surface area contributed by atoms with Crippen LogP contribution in [0.1, 0.15) is 15.9 Å². The van der Waals surface area contributed by atoms with E-state index in [1.54, 1.807) is 48.5 Å². The Morgan fingerprint density at radius 2 is 1.52 bits per heavy atom. The number of hydrogen-bond acceptors (Lipinski definition) is 10. The van der Waals surface area contributed by atoms with Crippen LogP contribution in [0.5, 0.6) is 0 Å². The van der Waals surface area contributed by atoms with Gasteiger partial charge in [0.2, 0.25) is 10.0 Å². The number of carbonyl (C=O) groups excluding carboxylic acids is 1. The first-order valence-electron chi connectivity index (χ1n) is 13.8. The number of alkyl halides is 1. The van der Waals surface area contributed by atoms with E-state index in [4.69, 9.17) is 33.2 Å². The van der Waals surface area contributed by atoms with E-state index in [1.165, 1.54) is 11.4 Å². The molecule has 0 radical (unpaired) electrons. The topological polar surface area (TPSA) is 119 Å². The van der Waals surface area contributed by atoms with Crippen molar-refractivity contribution in [1.82, 2.24) is 4.31 Å². The molecule has 42 heavy (non-hydrogen) atoms. The molecule has 0 amide bonds. The first-order valence-corrected chi connectivity index (χ1v) is 16.4. The van der Waals surface area contributed by atoms with Crippen molar-refractivity contribution >= 4 is 31.9 Å². The standard InChI is InChI=1S/C29H38BrNO10S/c1-21-8-10-23(11-9-21)42(33,34)31-12-14-36-16-18-38-26-25(41-28(32)22-6-4-3-5-7-22)24(20-30)40-29(35-2)27(26)39-19-17-37-15-13-31/h3-11,24-27,29H,12-20H2,1-2H3/t24-,25-,26+,27-,29+/m1/s1. The Balaban J connectivity index is 1.47. The third-order valence-electron chi connectivity index (χ3n) is 6.93. The molecule has 0 aromatic heterocycles. The van der Waals surface area contributed by atoms with Gasteiger partial charge >= 0.3 is 5.97 Å². The maximum Gasteiger partial charge on any atom is 0.338 e. The number of aryl methyl sites for hydroxylation is 1. The van der Waals surface area contributed by atoms with Gasteiger partial charge in [0.05, 0.1) is 50.1 Å². The van der Waals surface area contributed by atoms with E-state index >= 15 is 0 Å². The number of ether oxygens (including phenoxy) is 7. The third-order valence-corrected chi connectivity index (χ3v) is 9.48. The molecule has 232 valence electrons. The fourth-order valence-electron chi connectivity index (χ4n) is 4.70. The lowest BCUT2D eigenvalue weighted by molar-refractivity contribution is -0.303. The van der Waals surface area contributed by atoms with Gasteiger partial charge in [0.15, 0.2) is 12.4 Å². The summed E-state index contributed by atoms with van der Waals surface area (Å²) in [7, 11) is -2.24. The van der Waals surface area contributed by atoms with Crippen LogP contribution in [0.3, 0.4) is 0 Å². The summed E-state index contributed by atoms with van der Waals surface area (Å²) in [4.78, 5) is 13.2. The first-order chi connectivity index (χ1) is 20.3. The van der Waals surface area contributed by atoms with E-state index in [2.05, 4.69) is 15.9 Å². The summed E-state index contributed by atoms with van der Waals surface area (Å²) in [6.45, 7) is 3.15. The molecule has 2 saturated heterocycles. The Kier molecular flexibility index (Phi) is 12.7. The number of hydrogen-bond donors (Lipinski definition) is 0. The second-order valence-corrected chi connectivity index (χ2v) is 12.4. The van der Waals surface area contributed by atoms with Crippen molar-refractivity contribution in [3.63, 3.8) is 0 Å². The number of methoxy groups -OCH3 is 1. The zero-order valence-electron chi connectivity index (χ0n) is 23.8. The van der Waals surface area contributed by atoms with Crippen LogP contribution in [0.25, 0.3) is 0 Å². The van der Waals surface area contributed by atoms with Crippen LogP contribution in [0.2, 0.25) is 0 Å². The third kappa shape index (κ3) is 8.58. The van der Waals surface area contributed by atoms with Gasteiger partial charge in [0, 0.05) is 25.5 Å². The van der Waals surface area contributed by atoms with E-state index in [0.717, 1.165) is 5.56 Å². The molecule has 0 saturated carbocycles. The Labute approximate surface area is 255 Å². The van der Waals surface area contributed by atoms with Crippen LogP contribution in [-0.2, 0) is 43.2 Å². The Morgan fingerprint density at radius 1 is 0.905 bits per heavy atom. The fraction of sp³-hybridized carbons (Fsp3) is 0.552. The van der Waals surface area contributed by atoms with Crippen LogP contribution >= 0.6 is 15.9 Å². The molecule has 2 fully saturated rings. The predicted molar refractivity (Wildman–Crippen MR) is 156 cm³/mol. The first kappa shape index (κ1) is 33.0. The SMILES string of the molecule is CO[C@H]1O[C@H](CBr)[C@@H](OC(=O)c2ccccc2)[C@@H]2OCCOCCN(S(=O)(=O)c3ccc(C)cc3)CCOCCO[C@@H]12. The summed E-state index contributed by atoms with van der Waals surface area (Å²) in [5.41, 5.74) is 1.37. The van der Waals surface area contributed by atoms with Gasteiger partial charge in [-0.05, 0) is 31.2 Å². The highest BCUT2D eigenvalue weighted by atomic mass is 79.9. The number of benzene rings is 2. The van der Waals surface area contributed by atoms with Crippen LogP contribution < -0.4 is 0 Å². The highest BCUT2D eigenvalue weighted by Gasteiger charge is 2.49. The summed E-state index contributed by atoms with van der Waals surface area (Å²) in [5, 5.41) is 0.358. The van der Waals surface area contributed by atoms with Gasteiger partial charge in [-0.2, -0.15) is 4.31 Å². The quantitative estimate of drug-likeness (QED) is 0.335. The van der Waals surface area contributed by atoms with E-state index in [-0.39, 0.29) is 57.6 Å². The normalized spacial score (nSPS) is 27.3. The largest absolute Gasteiger partial charge is 0.453 e. The van der Waals surface area contributed by atoms with Gasteiger partial charge in [-0.25, -0.2) is 13.2 Å². The average Bonchev–Trinajstić information content (AvgIpc) is 3.01. The molecule has 2 aromatic carbocycles. The van der Waals surface area contributed by atoms with E-state index in [1.807, 2.05) is 13.0 Å². The molecule has 0 spiro atoms. The van der Waals surface area contributed by atoms with E-state index in [9.17, 15) is 13.2 Å². The van der Waals surface area contributed by atoms with Crippen LogP contribution in [-0.4, -0.2) is 115 Å². The molecule has 4 rings (SSSR count). The molecule has 0 unspecified atom stereocenters. The maximum atomic E-state index is 13.3. The summed E-state index contributed by atoms with van der Waals surface area (Å²) in [6, 6.07) is 15.4. The van der Waals surface area contributed by atoms with Crippen LogP contribution in [0, 0.1) is 6.92 Å². The van der Waals surface area contributed by atoms with Crippen LogP contribution in [0.4, 0.5) is 0 Å². The van der Waals surface area contributed by atoms with Gasteiger partial charge in [-0.15, -0.1) is 0 Å². The van der Waals surface area contributed by atoms with Crippen molar-refractivity contribution in [2.45, 2.75) is 42.5 Å². The monoisotopic (exact) mass is 671 g/mol. The molecule has 0 bridgehead atoms. The Hall–Kier alpha value is -1.94. The van der Waals surface area contributed by atoms with Crippen LogP contribution in [0.15, 0.2) is 59.5 Å². The molecule has 2 aliphatic heterocycles. The molecule has 2 aromatic rings. The number of esters is 1. The Morgan fingerprint density at radius 3 is 2.12 bits per heavy atom. The maximum absolute atomic E-state index is 13.3. The molecule has 11 nitrogen and oxygen atoms in total. The highest BCUT2D eigenvalue weighted by Crippen LogP contribution is 2.30. The zero-order valence-corrected chi connectivity index (χ0v) is 26.2. The lowest BCUT2D eigenvalue weighted by Gasteiger charge is -2.44. The van der Waals surface area contributed by atoms with Gasteiger partial charge in [0.25, 0.3) is 0 Å². The number of rotatable bonds is 6. The average molecular weight is 673 g/mol. The molecule has 5 atom stereocenters.